The van der Waals surface area contributed by atoms with Gasteiger partial charge in [0.25, 0.3) is 10.1 Å². The third-order valence-corrected chi connectivity index (χ3v) is 2.63. The summed E-state index contributed by atoms with van der Waals surface area (Å²) in [4.78, 5) is -0.0950. The van der Waals surface area contributed by atoms with E-state index in [1.807, 2.05) is 6.92 Å². The molecule has 0 aromatic heterocycles. The third-order valence-electron chi connectivity index (χ3n) is 1.78. The molecule has 0 unspecified atom stereocenters. The molecule has 0 radical (unpaired) electrons. The highest BCUT2D eigenvalue weighted by atomic mass is 32.2. The van der Waals surface area contributed by atoms with Gasteiger partial charge in [0, 0.05) is 12.7 Å². The van der Waals surface area contributed by atoms with Gasteiger partial charge in [-0.3, -0.25) is 4.55 Å². The molecule has 0 aliphatic heterocycles. The second-order valence-corrected chi connectivity index (χ2v) is 4.12. The minimum absolute atomic E-state index is 0.0950. The van der Waals surface area contributed by atoms with Crippen LogP contribution < -0.4 is 5.32 Å². The lowest BCUT2D eigenvalue weighted by Gasteiger charge is -2.05. The van der Waals surface area contributed by atoms with Crippen LogP contribution in [0.4, 0.5) is 5.69 Å². The van der Waals surface area contributed by atoms with Crippen LogP contribution in [0, 0.1) is 6.92 Å². The molecule has 4 nitrogen and oxygen atoms in total. The molecule has 0 amide bonds. The summed E-state index contributed by atoms with van der Waals surface area (Å²) in [6.07, 6.45) is 0. The minimum atomic E-state index is -4.09. The SMILES string of the molecule is CNc1cc(S(=O)(=O)O)ccc1C. The molecular weight excluding hydrogens is 190 g/mol. The van der Waals surface area contributed by atoms with Crippen molar-refractivity contribution in [3.63, 3.8) is 0 Å². The topological polar surface area (TPSA) is 66.4 Å². The maximum absolute atomic E-state index is 10.7. The lowest BCUT2D eigenvalue weighted by molar-refractivity contribution is 0.483. The Morgan fingerprint density at radius 2 is 2.00 bits per heavy atom. The molecule has 0 fully saturated rings. The number of hydrogen-bond acceptors (Lipinski definition) is 3. The molecule has 1 aromatic carbocycles. The first-order valence-electron chi connectivity index (χ1n) is 3.71. The van der Waals surface area contributed by atoms with E-state index in [0.717, 1.165) is 5.56 Å². The van der Waals surface area contributed by atoms with Crippen molar-refractivity contribution >= 4 is 15.8 Å². The molecular formula is C8H11NO3S. The van der Waals surface area contributed by atoms with E-state index < -0.39 is 10.1 Å². The zero-order valence-electron chi connectivity index (χ0n) is 7.40. The Kier molecular flexibility index (Phi) is 2.58. The van der Waals surface area contributed by atoms with Crippen molar-refractivity contribution in [2.75, 3.05) is 12.4 Å². The van der Waals surface area contributed by atoms with E-state index in [1.54, 1.807) is 13.1 Å². The smallest absolute Gasteiger partial charge is 0.294 e. The second kappa shape index (κ2) is 3.35. The summed E-state index contributed by atoms with van der Waals surface area (Å²) in [7, 11) is -2.40. The van der Waals surface area contributed by atoms with Crippen molar-refractivity contribution in [2.24, 2.45) is 0 Å². The van der Waals surface area contributed by atoms with E-state index in [1.165, 1.54) is 12.1 Å². The maximum atomic E-state index is 10.7. The molecule has 0 atom stereocenters. The van der Waals surface area contributed by atoms with E-state index in [0.29, 0.717) is 5.69 Å². The van der Waals surface area contributed by atoms with Crippen LogP contribution in [-0.2, 0) is 10.1 Å². The summed E-state index contributed by atoms with van der Waals surface area (Å²) in [6, 6.07) is 4.39. The van der Waals surface area contributed by atoms with Gasteiger partial charge in [-0.2, -0.15) is 8.42 Å². The van der Waals surface area contributed by atoms with Gasteiger partial charge in [-0.05, 0) is 24.6 Å². The normalized spacial score (nSPS) is 11.3. The molecule has 0 saturated carbocycles. The fourth-order valence-corrected chi connectivity index (χ4v) is 1.54. The van der Waals surface area contributed by atoms with Crippen molar-refractivity contribution in [3.8, 4) is 0 Å². The lowest BCUT2D eigenvalue weighted by Crippen LogP contribution is -2.00. The first-order chi connectivity index (χ1) is 5.95. The molecule has 13 heavy (non-hydrogen) atoms. The van der Waals surface area contributed by atoms with Gasteiger partial charge in [0.1, 0.15) is 0 Å². The van der Waals surface area contributed by atoms with E-state index in [9.17, 15) is 8.42 Å². The van der Waals surface area contributed by atoms with Crippen molar-refractivity contribution < 1.29 is 13.0 Å². The molecule has 0 spiro atoms. The van der Waals surface area contributed by atoms with Gasteiger partial charge in [0.15, 0.2) is 0 Å². The standard InChI is InChI=1S/C8H11NO3S/c1-6-3-4-7(13(10,11)12)5-8(6)9-2/h3-5,9H,1-2H3,(H,10,11,12). The van der Waals surface area contributed by atoms with E-state index in [-0.39, 0.29) is 4.90 Å². The number of aryl methyl sites for hydroxylation is 1. The van der Waals surface area contributed by atoms with Gasteiger partial charge in [0.2, 0.25) is 0 Å². The van der Waals surface area contributed by atoms with Gasteiger partial charge < -0.3 is 5.32 Å². The quantitative estimate of drug-likeness (QED) is 0.707. The lowest BCUT2D eigenvalue weighted by atomic mass is 10.2. The summed E-state index contributed by atoms with van der Waals surface area (Å²) in [6.45, 7) is 1.85. The Morgan fingerprint density at radius 1 is 1.38 bits per heavy atom. The fraction of sp³-hybridized carbons (Fsp3) is 0.250. The van der Waals surface area contributed by atoms with Gasteiger partial charge in [-0.1, -0.05) is 6.07 Å². The third kappa shape index (κ3) is 2.19. The Bertz CT molecular complexity index is 411. The number of anilines is 1. The van der Waals surface area contributed by atoms with Crippen LogP contribution >= 0.6 is 0 Å². The molecule has 72 valence electrons. The number of benzene rings is 1. The van der Waals surface area contributed by atoms with Crippen molar-refractivity contribution in [3.05, 3.63) is 23.8 Å². The highest BCUT2D eigenvalue weighted by Gasteiger charge is 2.10. The van der Waals surface area contributed by atoms with Crippen LogP contribution in [0.25, 0.3) is 0 Å². The summed E-state index contributed by atoms with van der Waals surface area (Å²) < 4.78 is 30.2. The van der Waals surface area contributed by atoms with Crippen molar-refractivity contribution in [1.82, 2.24) is 0 Å². The molecule has 0 heterocycles. The van der Waals surface area contributed by atoms with E-state index in [2.05, 4.69) is 5.32 Å². The van der Waals surface area contributed by atoms with Crippen molar-refractivity contribution in [2.45, 2.75) is 11.8 Å². The second-order valence-electron chi connectivity index (χ2n) is 2.70. The fourth-order valence-electron chi connectivity index (χ4n) is 1.03. The zero-order valence-corrected chi connectivity index (χ0v) is 8.22. The molecule has 0 bridgehead atoms. The van der Waals surface area contributed by atoms with Crippen LogP contribution in [0.5, 0.6) is 0 Å². The first kappa shape index (κ1) is 10.0. The molecule has 0 saturated heterocycles. The highest BCUT2D eigenvalue weighted by molar-refractivity contribution is 7.85. The van der Waals surface area contributed by atoms with Crippen LogP contribution in [0.1, 0.15) is 5.56 Å². The number of nitrogens with one attached hydrogen (secondary N) is 1. The monoisotopic (exact) mass is 201 g/mol. The number of rotatable bonds is 2. The van der Waals surface area contributed by atoms with Crippen LogP contribution in [0.3, 0.4) is 0 Å². The Morgan fingerprint density at radius 3 is 2.46 bits per heavy atom. The van der Waals surface area contributed by atoms with Crippen molar-refractivity contribution in [1.29, 1.82) is 0 Å². The van der Waals surface area contributed by atoms with E-state index in [4.69, 9.17) is 4.55 Å². The maximum Gasteiger partial charge on any atom is 0.294 e. The summed E-state index contributed by atoms with van der Waals surface area (Å²) in [5.74, 6) is 0. The summed E-state index contributed by atoms with van der Waals surface area (Å²) >= 11 is 0. The van der Waals surface area contributed by atoms with E-state index >= 15 is 0 Å². The van der Waals surface area contributed by atoms with Gasteiger partial charge >= 0.3 is 0 Å². The average Bonchev–Trinajstić information content (AvgIpc) is 2.03. The Labute approximate surface area is 77.3 Å². The Balaban J connectivity index is 3.30. The van der Waals surface area contributed by atoms with Crippen LogP contribution in [0.15, 0.2) is 23.1 Å². The molecule has 0 aliphatic carbocycles. The Hall–Kier alpha value is -1.07. The first-order valence-corrected chi connectivity index (χ1v) is 5.15. The molecule has 0 aliphatic rings. The average molecular weight is 201 g/mol. The summed E-state index contributed by atoms with van der Waals surface area (Å²) in [5.41, 5.74) is 1.62. The molecule has 1 aromatic rings. The number of hydrogen-bond donors (Lipinski definition) is 2. The van der Waals surface area contributed by atoms with Crippen LogP contribution in [-0.4, -0.2) is 20.0 Å². The summed E-state index contributed by atoms with van der Waals surface area (Å²) in [5, 5.41) is 2.83. The predicted molar refractivity (Wildman–Crippen MR) is 50.5 cm³/mol. The highest BCUT2D eigenvalue weighted by Crippen LogP contribution is 2.19. The van der Waals surface area contributed by atoms with Crippen LogP contribution in [0.2, 0.25) is 0 Å². The van der Waals surface area contributed by atoms with Gasteiger partial charge in [0.05, 0.1) is 4.90 Å². The minimum Gasteiger partial charge on any atom is -0.388 e. The van der Waals surface area contributed by atoms with Gasteiger partial charge in [-0.25, -0.2) is 0 Å². The van der Waals surface area contributed by atoms with Gasteiger partial charge in [-0.15, -0.1) is 0 Å². The largest absolute Gasteiger partial charge is 0.388 e. The predicted octanol–water partition coefficient (Wildman–Crippen LogP) is 1.28. The molecule has 5 heteroatoms. The molecule has 1 rings (SSSR count). The zero-order chi connectivity index (χ0) is 10.1. The molecule has 2 N–H and O–H groups in total.